The van der Waals surface area contributed by atoms with Crippen LogP contribution in [0.1, 0.15) is 6.42 Å². The fourth-order valence-corrected chi connectivity index (χ4v) is 6.16. The molecule has 18 heteroatoms. The van der Waals surface area contributed by atoms with Gasteiger partial charge in [-0.25, -0.2) is 4.79 Å². The van der Waals surface area contributed by atoms with Crippen LogP contribution in [0.2, 0.25) is 0 Å². The van der Waals surface area contributed by atoms with Gasteiger partial charge in [-0.05, 0) is 29.0 Å². The standard InChI is InChI=1S/C15H17F3N6O6S3/c16-15(17,18)32-4-8(27)19-9-11(28)24-10(13(29)30)6(3-31-12(9)24)7(1-5(26)2-25)33-14-20-22-23-21-14/h5,7,9,12,25-26H,1-4H2,(H,19,27)(H,29,30)(H,20,21,22,23)/t5?,7?,9?,12-/m0/s1. The molecular formula is C15H17F3N6O6S3. The number of nitrogens with zero attached hydrogens (tertiary/aromatic N) is 4. The van der Waals surface area contributed by atoms with Crippen molar-refractivity contribution in [2.75, 3.05) is 18.1 Å². The SMILES string of the molecule is O=C(CSC(F)(F)F)NC1C(=O)N2C(C(=O)O)=C(C(CC(O)CO)Sc3nn[nH]n3)CS[C@@H]12. The van der Waals surface area contributed by atoms with Crippen LogP contribution < -0.4 is 5.32 Å². The highest BCUT2D eigenvalue weighted by Gasteiger charge is 2.55. The van der Waals surface area contributed by atoms with Crippen molar-refractivity contribution in [1.82, 2.24) is 30.8 Å². The number of aromatic nitrogens is 4. The van der Waals surface area contributed by atoms with Crippen molar-refractivity contribution in [2.45, 2.75) is 39.9 Å². The third-order valence-electron chi connectivity index (χ3n) is 4.54. The Bertz CT molecular complexity index is 933. The van der Waals surface area contributed by atoms with Crippen LogP contribution in [-0.2, 0) is 14.4 Å². The molecule has 2 amide bonds. The number of aliphatic hydroxyl groups is 2. The van der Waals surface area contributed by atoms with E-state index < -0.39 is 70.2 Å². The molecule has 1 aromatic rings. The van der Waals surface area contributed by atoms with Gasteiger partial charge in [0.1, 0.15) is 17.1 Å². The van der Waals surface area contributed by atoms with Crippen molar-refractivity contribution in [1.29, 1.82) is 0 Å². The summed E-state index contributed by atoms with van der Waals surface area (Å²) in [7, 11) is 0. The van der Waals surface area contributed by atoms with Crippen molar-refractivity contribution < 1.29 is 42.9 Å². The molecule has 3 unspecified atom stereocenters. The van der Waals surface area contributed by atoms with Crippen LogP contribution in [0, 0.1) is 0 Å². The number of thioether (sulfide) groups is 3. The molecule has 0 saturated carbocycles. The van der Waals surface area contributed by atoms with Gasteiger partial charge in [-0.1, -0.05) is 11.8 Å². The molecule has 12 nitrogen and oxygen atoms in total. The van der Waals surface area contributed by atoms with E-state index in [1.54, 1.807) is 0 Å². The molecule has 2 aliphatic rings. The fourth-order valence-electron chi connectivity index (χ4n) is 3.16. The van der Waals surface area contributed by atoms with Gasteiger partial charge in [-0.2, -0.15) is 18.4 Å². The maximum atomic E-state index is 12.6. The number of hydrogen-bond donors (Lipinski definition) is 5. The number of amides is 2. The van der Waals surface area contributed by atoms with Gasteiger partial charge in [-0.15, -0.1) is 22.0 Å². The second-order valence-corrected chi connectivity index (χ2v) is 10.1. The molecule has 0 bridgehead atoms. The number of aliphatic hydroxyl groups excluding tert-OH is 2. The van der Waals surface area contributed by atoms with Crippen LogP contribution in [0.25, 0.3) is 0 Å². The highest BCUT2D eigenvalue weighted by atomic mass is 32.2. The second kappa shape index (κ2) is 10.5. The Balaban J connectivity index is 1.80. The molecule has 0 radical (unpaired) electrons. The lowest BCUT2D eigenvalue weighted by Gasteiger charge is -2.50. The molecule has 1 aromatic heterocycles. The number of rotatable bonds is 10. The van der Waals surface area contributed by atoms with Crippen LogP contribution in [-0.4, -0.2) is 105 Å². The summed E-state index contributed by atoms with van der Waals surface area (Å²) in [6, 6.07) is -1.17. The zero-order valence-corrected chi connectivity index (χ0v) is 18.8. The Hall–Kier alpha value is -2.02. The van der Waals surface area contributed by atoms with Gasteiger partial charge in [-0.3, -0.25) is 14.5 Å². The number of hydrogen-bond acceptors (Lipinski definition) is 11. The third-order valence-corrected chi connectivity index (χ3v) is 7.72. The van der Waals surface area contributed by atoms with Crippen molar-refractivity contribution in [3.05, 3.63) is 11.3 Å². The minimum atomic E-state index is -4.61. The Morgan fingerprint density at radius 3 is 2.70 bits per heavy atom. The number of aromatic amines is 1. The smallest absolute Gasteiger partial charge is 0.442 e. The number of aliphatic carboxylic acids is 1. The van der Waals surface area contributed by atoms with Gasteiger partial charge in [0.05, 0.1) is 18.5 Å². The average molecular weight is 531 g/mol. The summed E-state index contributed by atoms with van der Waals surface area (Å²) in [5.74, 6) is -4.07. The molecular weight excluding hydrogens is 513 g/mol. The van der Waals surface area contributed by atoms with Crippen LogP contribution in [0.15, 0.2) is 16.4 Å². The monoisotopic (exact) mass is 530 g/mol. The molecule has 1 saturated heterocycles. The summed E-state index contributed by atoms with van der Waals surface area (Å²) in [5, 5.41) is 43.0. The number of fused-ring (bicyclic) bond motifs is 1. The largest absolute Gasteiger partial charge is 0.477 e. The first kappa shape index (κ1) is 25.6. The quantitative estimate of drug-likeness (QED) is 0.192. The first-order chi connectivity index (χ1) is 15.5. The Morgan fingerprint density at radius 2 is 2.12 bits per heavy atom. The molecule has 33 heavy (non-hydrogen) atoms. The van der Waals surface area contributed by atoms with Gasteiger partial charge < -0.3 is 20.6 Å². The van der Waals surface area contributed by atoms with Gasteiger partial charge in [0.25, 0.3) is 5.91 Å². The molecule has 3 heterocycles. The lowest BCUT2D eigenvalue weighted by atomic mass is 9.99. The van der Waals surface area contributed by atoms with E-state index in [0.29, 0.717) is 0 Å². The number of halogens is 3. The van der Waals surface area contributed by atoms with Crippen molar-refractivity contribution >= 4 is 53.1 Å². The minimum absolute atomic E-state index is 0.0768. The first-order valence-corrected chi connectivity index (χ1v) is 12.0. The summed E-state index contributed by atoms with van der Waals surface area (Å²) < 4.78 is 36.9. The summed E-state index contributed by atoms with van der Waals surface area (Å²) >= 11 is 1.55. The summed E-state index contributed by atoms with van der Waals surface area (Å²) in [6.45, 7) is -0.582. The predicted molar refractivity (Wildman–Crippen MR) is 110 cm³/mol. The topological polar surface area (TPSA) is 182 Å². The number of β-lactam (4-membered cyclic amide) rings is 1. The van der Waals surface area contributed by atoms with Crippen LogP contribution >= 0.6 is 35.3 Å². The van der Waals surface area contributed by atoms with Crippen molar-refractivity contribution in [3.8, 4) is 0 Å². The molecule has 3 rings (SSSR count). The van der Waals surface area contributed by atoms with E-state index >= 15 is 0 Å². The van der Waals surface area contributed by atoms with Gasteiger partial charge in [0.2, 0.25) is 11.1 Å². The molecule has 1 fully saturated rings. The molecule has 0 spiro atoms. The minimum Gasteiger partial charge on any atom is -0.477 e. The normalized spacial score (nSPS) is 22.5. The zero-order chi connectivity index (χ0) is 24.3. The lowest BCUT2D eigenvalue weighted by molar-refractivity contribution is -0.150. The molecule has 4 atom stereocenters. The van der Waals surface area contributed by atoms with Crippen LogP contribution in [0.5, 0.6) is 0 Å². The van der Waals surface area contributed by atoms with E-state index in [4.69, 9.17) is 0 Å². The summed E-state index contributed by atoms with van der Waals surface area (Å²) in [5.41, 5.74) is -4.70. The predicted octanol–water partition coefficient (Wildman–Crippen LogP) is -0.605. The molecule has 2 aliphatic heterocycles. The Morgan fingerprint density at radius 1 is 1.39 bits per heavy atom. The molecule has 0 aliphatic carbocycles. The number of carboxylic acid groups (broad SMARTS) is 1. The van der Waals surface area contributed by atoms with E-state index in [1.807, 2.05) is 0 Å². The Labute approximate surface area is 196 Å². The van der Waals surface area contributed by atoms with Gasteiger partial charge in [0.15, 0.2) is 0 Å². The van der Waals surface area contributed by atoms with Crippen LogP contribution in [0.3, 0.4) is 0 Å². The number of alkyl halides is 3. The molecule has 182 valence electrons. The van der Waals surface area contributed by atoms with Crippen LogP contribution in [0.4, 0.5) is 13.2 Å². The summed E-state index contributed by atoms with van der Waals surface area (Å²) in [6.07, 6.45) is -1.27. The van der Waals surface area contributed by atoms with E-state index in [-0.39, 0.29) is 28.6 Å². The fraction of sp³-hybridized carbons (Fsp3) is 0.600. The third kappa shape index (κ3) is 6.11. The highest BCUT2D eigenvalue weighted by Crippen LogP contribution is 2.44. The number of nitrogens with one attached hydrogen (secondary N) is 2. The second-order valence-electron chi connectivity index (χ2n) is 6.74. The zero-order valence-electron chi connectivity index (χ0n) is 16.4. The van der Waals surface area contributed by atoms with Crippen molar-refractivity contribution in [2.24, 2.45) is 0 Å². The number of tetrazole rings is 1. The maximum Gasteiger partial charge on any atom is 0.442 e. The maximum absolute atomic E-state index is 12.6. The van der Waals surface area contributed by atoms with E-state index in [1.165, 1.54) is 0 Å². The number of carbonyl (C=O) groups excluding carboxylic acids is 2. The number of carbonyl (C=O) groups is 3. The number of carboxylic acids is 1. The van der Waals surface area contributed by atoms with E-state index in [9.17, 15) is 42.9 Å². The lowest BCUT2D eigenvalue weighted by Crippen LogP contribution is -2.71. The van der Waals surface area contributed by atoms with E-state index in [2.05, 4.69) is 25.9 Å². The van der Waals surface area contributed by atoms with Gasteiger partial charge in [0, 0.05) is 11.0 Å². The molecule has 0 aromatic carbocycles. The highest BCUT2D eigenvalue weighted by molar-refractivity contribution is 8.01. The Kier molecular flexibility index (Phi) is 8.14. The van der Waals surface area contributed by atoms with Crippen molar-refractivity contribution in [3.63, 3.8) is 0 Å². The first-order valence-electron chi connectivity index (χ1n) is 9.12. The average Bonchev–Trinajstić information content (AvgIpc) is 3.26. The van der Waals surface area contributed by atoms with Gasteiger partial charge >= 0.3 is 11.5 Å². The summed E-state index contributed by atoms with van der Waals surface area (Å²) in [4.78, 5) is 37.5. The van der Waals surface area contributed by atoms with E-state index in [0.717, 1.165) is 28.4 Å². The molecule has 5 N–H and O–H groups in total. The number of H-pyrrole nitrogens is 1.